The standard InChI is InChI=1S/C12H24N2/c1-10(2)8-13(4)9-12-7-6-11(3)14(12)5/h10,12H,3,6-9H2,1-2,4-5H3/t12-/m0/s1. The minimum absolute atomic E-state index is 0.686. The maximum atomic E-state index is 4.06. The molecule has 0 aliphatic carbocycles. The fourth-order valence-corrected chi connectivity index (χ4v) is 2.23. The Kier molecular flexibility index (Phi) is 3.99. The molecule has 14 heavy (non-hydrogen) atoms. The van der Waals surface area contributed by atoms with Gasteiger partial charge in [0.1, 0.15) is 0 Å². The Morgan fingerprint density at radius 3 is 2.64 bits per heavy atom. The molecule has 1 aliphatic rings. The third kappa shape index (κ3) is 3.02. The molecule has 0 aromatic heterocycles. The summed E-state index contributed by atoms with van der Waals surface area (Å²) in [6.45, 7) is 11.0. The van der Waals surface area contributed by atoms with Gasteiger partial charge in [-0.25, -0.2) is 0 Å². The van der Waals surface area contributed by atoms with E-state index in [0.29, 0.717) is 6.04 Å². The van der Waals surface area contributed by atoms with E-state index in [1.807, 2.05) is 0 Å². The Morgan fingerprint density at radius 1 is 1.57 bits per heavy atom. The zero-order chi connectivity index (χ0) is 10.7. The fourth-order valence-electron chi connectivity index (χ4n) is 2.23. The first-order valence-electron chi connectivity index (χ1n) is 5.60. The van der Waals surface area contributed by atoms with Crippen molar-refractivity contribution < 1.29 is 0 Å². The van der Waals surface area contributed by atoms with Gasteiger partial charge in [-0.05, 0) is 25.8 Å². The number of hydrogen-bond acceptors (Lipinski definition) is 2. The molecule has 0 radical (unpaired) electrons. The van der Waals surface area contributed by atoms with Crippen molar-refractivity contribution in [2.24, 2.45) is 5.92 Å². The average molecular weight is 196 g/mol. The molecule has 1 aliphatic heterocycles. The molecular formula is C12H24N2. The van der Waals surface area contributed by atoms with Crippen LogP contribution in [0.4, 0.5) is 0 Å². The highest BCUT2D eigenvalue weighted by molar-refractivity contribution is 5.03. The van der Waals surface area contributed by atoms with Gasteiger partial charge in [0.15, 0.2) is 0 Å². The molecule has 0 unspecified atom stereocenters. The van der Waals surface area contributed by atoms with Gasteiger partial charge >= 0.3 is 0 Å². The smallest absolute Gasteiger partial charge is 0.0414 e. The molecule has 0 aromatic carbocycles. The van der Waals surface area contributed by atoms with Crippen LogP contribution in [0, 0.1) is 5.92 Å². The van der Waals surface area contributed by atoms with Gasteiger partial charge in [0.25, 0.3) is 0 Å². The van der Waals surface area contributed by atoms with Crippen molar-refractivity contribution in [1.29, 1.82) is 0 Å². The fraction of sp³-hybridized carbons (Fsp3) is 0.833. The van der Waals surface area contributed by atoms with Crippen LogP contribution < -0.4 is 0 Å². The molecule has 0 N–H and O–H groups in total. The molecule has 1 fully saturated rings. The first-order chi connectivity index (χ1) is 6.50. The minimum Gasteiger partial charge on any atom is -0.374 e. The maximum Gasteiger partial charge on any atom is 0.0414 e. The van der Waals surface area contributed by atoms with Gasteiger partial charge in [0.05, 0.1) is 0 Å². The van der Waals surface area contributed by atoms with Gasteiger partial charge in [0, 0.05) is 31.9 Å². The Hall–Kier alpha value is -0.500. The number of allylic oxidation sites excluding steroid dienone is 1. The highest BCUT2D eigenvalue weighted by Crippen LogP contribution is 2.24. The van der Waals surface area contributed by atoms with Gasteiger partial charge < -0.3 is 9.80 Å². The lowest BCUT2D eigenvalue weighted by Gasteiger charge is -2.28. The van der Waals surface area contributed by atoms with Gasteiger partial charge in [-0.15, -0.1) is 0 Å². The lowest BCUT2D eigenvalue weighted by atomic mass is 10.1. The van der Waals surface area contributed by atoms with E-state index >= 15 is 0 Å². The van der Waals surface area contributed by atoms with Gasteiger partial charge in [-0.1, -0.05) is 20.4 Å². The summed E-state index contributed by atoms with van der Waals surface area (Å²) in [4.78, 5) is 4.78. The van der Waals surface area contributed by atoms with Crippen LogP contribution in [0.1, 0.15) is 26.7 Å². The molecule has 0 spiro atoms. The second-order valence-electron chi connectivity index (χ2n) is 4.98. The van der Waals surface area contributed by atoms with E-state index in [9.17, 15) is 0 Å². The predicted octanol–water partition coefficient (Wildman–Crippen LogP) is 2.18. The molecule has 1 atom stereocenters. The number of nitrogens with zero attached hydrogens (tertiary/aromatic N) is 2. The van der Waals surface area contributed by atoms with Crippen LogP contribution in [-0.4, -0.2) is 43.0 Å². The number of likely N-dealkylation sites (tertiary alicyclic amines) is 1. The van der Waals surface area contributed by atoms with Crippen LogP contribution in [-0.2, 0) is 0 Å². The Labute approximate surface area is 88.6 Å². The summed E-state index contributed by atoms with van der Waals surface area (Å²) in [5, 5.41) is 0. The van der Waals surface area contributed by atoms with E-state index in [1.54, 1.807) is 0 Å². The molecular weight excluding hydrogens is 172 g/mol. The molecule has 2 nitrogen and oxygen atoms in total. The summed E-state index contributed by atoms with van der Waals surface area (Å²) >= 11 is 0. The third-order valence-corrected chi connectivity index (χ3v) is 3.01. The average Bonchev–Trinajstić information content (AvgIpc) is 2.34. The van der Waals surface area contributed by atoms with E-state index < -0.39 is 0 Å². The van der Waals surface area contributed by atoms with E-state index in [-0.39, 0.29) is 0 Å². The first-order valence-corrected chi connectivity index (χ1v) is 5.60. The highest BCUT2D eigenvalue weighted by Gasteiger charge is 2.24. The molecule has 0 bridgehead atoms. The quantitative estimate of drug-likeness (QED) is 0.680. The third-order valence-electron chi connectivity index (χ3n) is 3.01. The monoisotopic (exact) mass is 196 g/mol. The molecule has 1 rings (SSSR count). The van der Waals surface area contributed by atoms with Crippen LogP contribution in [0.3, 0.4) is 0 Å². The van der Waals surface area contributed by atoms with E-state index in [1.165, 1.54) is 31.6 Å². The highest BCUT2D eigenvalue weighted by atomic mass is 15.2. The van der Waals surface area contributed by atoms with Gasteiger partial charge in [-0.3, -0.25) is 0 Å². The van der Waals surface area contributed by atoms with E-state index in [0.717, 1.165) is 5.92 Å². The largest absolute Gasteiger partial charge is 0.374 e. The zero-order valence-electron chi connectivity index (χ0n) is 10.1. The van der Waals surface area contributed by atoms with Crippen LogP contribution in [0.2, 0.25) is 0 Å². The SMILES string of the molecule is C=C1CC[C@@H](CN(C)CC(C)C)N1C. The summed E-state index contributed by atoms with van der Waals surface area (Å²) in [5.41, 5.74) is 1.30. The van der Waals surface area contributed by atoms with E-state index in [2.05, 4.69) is 44.3 Å². The normalized spacial score (nSPS) is 22.9. The first kappa shape index (κ1) is 11.6. The number of likely N-dealkylation sites (N-methyl/N-ethyl adjacent to an activating group) is 2. The molecule has 0 saturated carbocycles. The molecule has 1 heterocycles. The topological polar surface area (TPSA) is 6.48 Å². The summed E-state index contributed by atoms with van der Waals surface area (Å²) in [6, 6.07) is 0.686. The number of hydrogen-bond donors (Lipinski definition) is 0. The maximum absolute atomic E-state index is 4.06. The van der Waals surface area contributed by atoms with Crippen molar-refractivity contribution in [3.05, 3.63) is 12.3 Å². The second-order valence-corrected chi connectivity index (χ2v) is 4.98. The Bertz CT molecular complexity index is 198. The summed E-state index contributed by atoms with van der Waals surface area (Å²) in [7, 11) is 4.39. The van der Waals surface area contributed by atoms with Gasteiger partial charge in [-0.2, -0.15) is 0 Å². The zero-order valence-corrected chi connectivity index (χ0v) is 10.1. The predicted molar refractivity (Wildman–Crippen MR) is 62.3 cm³/mol. The molecule has 0 amide bonds. The van der Waals surface area contributed by atoms with Crippen molar-refractivity contribution in [3.8, 4) is 0 Å². The molecule has 2 heteroatoms. The lowest BCUT2D eigenvalue weighted by molar-refractivity contribution is 0.220. The second kappa shape index (κ2) is 4.83. The summed E-state index contributed by atoms with van der Waals surface area (Å²) < 4.78 is 0. The van der Waals surface area contributed by atoms with E-state index in [4.69, 9.17) is 0 Å². The Balaban J connectivity index is 2.33. The summed E-state index contributed by atoms with van der Waals surface area (Å²) in [5.74, 6) is 0.759. The van der Waals surface area contributed by atoms with Crippen LogP contribution in [0.25, 0.3) is 0 Å². The van der Waals surface area contributed by atoms with Crippen molar-refractivity contribution >= 4 is 0 Å². The van der Waals surface area contributed by atoms with Crippen molar-refractivity contribution in [3.63, 3.8) is 0 Å². The number of rotatable bonds is 4. The molecule has 0 aromatic rings. The lowest BCUT2D eigenvalue weighted by Crippen LogP contribution is -2.37. The minimum atomic E-state index is 0.686. The van der Waals surface area contributed by atoms with Crippen molar-refractivity contribution in [1.82, 2.24) is 9.80 Å². The van der Waals surface area contributed by atoms with Crippen LogP contribution in [0.5, 0.6) is 0 Å². The van der Waals surface area contributed by atoms with Crippen LogP contribution in [0.15, 0.2) is 12.3 Å². The van der Waals surface area contributed by atoms with Crippen molar-refractivity contribution in [2.75, 3.05) is 27.2 Å². The van der Waals surface area contributed by atoms with Gasteiger partial charge in [0.2, 0.25) is 0 Å². The van der Waals surface area contributed by atoms with Crippen molar-refractivity contribution in [2.45, 2.75) is 32.7 Å². The Morgan fingerprint density at radius 2 is 2.21 bits per heavy atom. The molecule has 1 saturated heterocycles. The molecule has 82 valence electrons. The summed E-state index contributed by atoms with van der Waals surface area (Å²) in [6.07, 6.45) is 2.45. The van der Waals surface area contributed by atoms with Crippen LogP contribution >= 0.6 is 0 Å².